The van der Waals surface area contributed by atoms with E-state index in [4.69, 9.17) is 0 Å². The van der Waals surface area contributed by atoms with Crippen LogP contribution in [0, 0.1) is 5.41 Å². The minimum absolute atomic E-state index is 0.152. The Labute approximate surface area is 115 Å². The summed E-state index contributed by atoms with van der Waals surface area (Å²) < 4.78 is 0. The summed E-state index contributed by atoms with van der Waals surface area (Å²) in [6.07, 6.45) is 0.794. The highest BCUT2D eigenvalue weighted by Gasteiger charge is 2.37. The van der Waals surface area contributed by atoms with Crippen LogP contribution in [-0.2, 0) is 11.2 Å². The zero-order valence-electron chi connectivity index (χ0n) is 10.3. The van der Waals surface area contributed by atoms with Crippen molar-refractivity contribution in [2.75, 3.05) is 18.1 Å². The van der Waals surface area contributed by atoms with Crippen molar-refractivity contribution in [3.05, 3.63) is 29.8 Å². The Bertz CT molecular complexity index is 414. The van der Waals surface area contributed by atoms with E-state index in [9.17, 15) is 9.90 Å². The van der Waals surface area contributed by atoms with Gasteiger partial charge in [-0.3, -0.25) is 4.79 Å². The van der Waals surface area contributed by atoms with Gasteiger partial charge in [-0.1, -0.05) is 33.7 Å². The van der Waals surface area contributed by atoms with Crippen molar-refractivity contribution in [3.8, 4) is 5.75 Å². The molecule has 0 aromatic heterocycles. The molecule has 98 valence electrons. The molecule has 1 fully saturated rings. The van der Waals surface area contributed by atoms with Gasteiger partial charge in [0.15, 0.2) is 0 Å². The number of aromatic hydroxyl groups is 1. The molecule has 3 nitrogen and oxygen atoms in total. The van der Waals surface area contributed by atoms with Crippen molar-refractivity contribution in [1.82, 2.24) is 5.32 Å². The highest BCUT2D eigenvalue weighted by Crippen LogP contribution is 2.42. The molecule has 0 unspecified atom stereocenters. The van der Waals surface area contributed by atoms with Crippen molar-refractivity contribution in [1.29, 1.82) is 0 Å². The summed E-state index contributed by atoms with van der Waals surface area (Å²) in [5.74, 6) is 2.21. The average molecular weight is 283 g/mol. The number of carbonyl (C=O) groups is 1. The fourth-order valence-electron chi connectivity index (χ4n) is 1.71. The number of hydrogen-bond donors (Lipinski definition) is 2. The predicted octanol–water partition coefficient (Wildman–Crippen LogP) is 2.45. The Morgan fingerprint density at radius 2 is 1.94 bits per heavy atom. The summed E-state index contributed by atoms with van der Waals surface area (Å²) in [5, 5.41) is 12.2. The Balaban J connectivity index is 1.78. The SMILES string of the molecule is CC1(C(=O)NCCc2ccc(O)cc2)CSSC1. The zero-order chi connectivity index (χ0) is 13.0. The smallest absolute Gasteiger partial charge is 0.227 e. The third kappa shape index (κ3) is 3.36. The van der Waals surface area contributed by atoms with Crippen molar-refractivity contribution in [2.24, 2.45) is 5.41 Å². The molecule has 18 heavy (non-hydrogen) atoms. The molecule has 2 rings (SSSR count). The van der Waals surface area contributed by atoms with Gasteiger partial charge in [0.05, 0.1) is 5.41 Å². The fraction of sp³-hybridized carbons (Fsp3) is 0.462. The lowest BCUT2D eigenvalue weighted by Gasteiger charge is -2.20. The van der Waals surface area contributed by atoms with Crippen LogP contribution in [0.15, 0.2) is 24.3 Å². The molecule has 1 aromatic carbocycles. The molecule has 1 heterocycles. The Hall–Kier alpha value is -0.810. The van der Waals surface area contributed by atoms with Crippen LogP contribution in [0.4, 0.5) is 0 Å². The Morgan fingerprint density at radius 1 is 1.33 bits per heavy atom. The maximum Gasteiger partial charge on any atom is 0.227 e. The fourth-order valence-corrected chi connectivity index (χ4v) is 5.06. The summed E-state index contributed by atoms with van der Waals surface area (Å²) in [5.41, 5.74) is 0.901. The van der Waals surface area contributed by atoms with Gasteiger partial charge in [-0.2, -0.15) is 0 Å². The lowest BCUT2D eigenvalue weighted by Crippen LogP contribution is -2.41. The first-order valence-electron chi connectivity index (χ1n) is 5.91. The molecule has 0 atom stereocenters. The summed E-state index contributed by atoms with van der Waals surface area (Å²) in [6.45, 7) is 2.67. The second kappa shape index (κ2) is 5.89. The van der Waals surface area contributed by atoms with E-state index in [-0.39, 0.29) is 17.1 Å². The lowest BCUT2D eigenvalue weighted by atomic mass is 9.95. The number of phenolic OH excluding ortho intramolecular Hbond substituents is 1. The van der Waals surface area contributed by atoms with Gasteiger partial charge < -0.3 is 10.4 Å². The van der Waals surface area contributed by atoms with Crippen LogP contribution in [0.5, 0.6) is 5.75 Å². The molecule has 1 aromatic rings. The van der Waals surface area contributed by atoms with Crippen LogP contribution in [0.3, 0.4) is 0 Å². The van der Waals surface area contributed by atoms with E-state index in [1.165, 1.54) is 0 Å². The standard InChI is InChI=1S/C13H17NO2S2/c1-13(8-17-18-9-13)12(16)14-7-6-10-2-4-11(15)5-3-10/h2-5,15H,6-9H2,1H3,(H,14,16). The molecule has 5 heteroatoms. The molecule has 1 aliphatic rings. The Kier molecular flexibility index (Phi) is 4.45. The van der Waals surface area contributed by atoms with Gasteiger partial charge >= 0.3 is 0 Å². The molecule has 2 N–H and O–H groups in total. The van der Waals surface area contributed by atoms with Crippen LogP contribution < -0.4 is 5.32 Å². The number of benzene rings is 1. The molecule has 1 saturated heterocycles. The molecule has 0 radical (unpaired) electrons. The van der Waals surface area contributed by atoms with E-state index in [1.807, 2.05) is 19.1 Å². The highest BCUT2D eigenvalue weighted by atomic mass is 33.1. The zero-order valence-corrected chi connectivity index (χ0v) is 11.9. The van der Waals surface area contributed by atoms with E-state index in [2.05, 4.69) is 5.32 Å². The van der Waals surface area contributed by atoms with Crippen LogP contribution in [-0.4, -0.2) is 29.1 Å². The normalized spacial score (nSPS) is 17.6. The van der Waals surface area contributed by atoms with Crippen LogP contribution in [0.25, 0.3) is 0 Å². The van der Waals surface area contributed by atoms with Gasteiger partial charge in [0.1, 0.15) is 5.75 Å². The molecule has 0 aliphatic carbocycles. The second-order valence-corrected chi connectivity index (χ2v) is 7.22. The van der Waals surface area contributed by atoms with Crippen LogP contribution in [0.1, 0.15) is 12.5 Å². The molecule has 0 bridgehead atoms. The average Bonchev–Trinajstić information content (AvgIpc) is 2.80. The van der Waals surface area contributed by atoms with Crippen LogP contribution in [0.2, 0.25) is 0 Å². The number of carbonyl (C=O) groups excluding carboxylic acids is 1. The largest absolute Gasteiger partial charge is 0.508 e. The monoisotopic (exact) mass is 283 g/mol. The van der Waals surface area contributed by atoms with Gasteiger partial charge in [0, 0.05) is 18.1 Å². The molecule has 1 amide bonds. The van der Waals surface area contributed by atoms with Crippen molar-refractivity contribution in [2.45, 2.75) is 13.3 Å². The third-order valence-electron chi connectivity index (χ3n) is 3.02. The molecular weight excluding hydrogens is 266 g/mol. The Morgan fingerprint density at radius 3 is 2.56 bits per heavy atom. The quantitative estimate of drug-likeness (QED) is 0.833. The van der Waals surface area contributed by atoms with E-state index >= 15 is 0 Å². The summed E-state index contributed by atoms with van der Waals surface area (Å²) >= 11 is 0. The number of nitrogens with one attached hydrogen (secondary N) is 1. The van der Waals surface area contributed by atoms with E-state index in [1.54, 1.807) is 33.7 Å². The molecule has 1 aliphatic heterocycles. The molecule has 0 spiro atoms. The minimum Gasteiger partial charge on any atom is -0.508 e. The summed E-state index contributed by atoms with van der Waals surface area (Å²) in [6, 6.07) is 7.10. The first kappa shape index (κ1) is 13.6. The van der Waals surface area contributed by atoms with Gasteiger partial charge in [-0.15, -0.1) is 0 Å². The van der Waals surface area contributed by atoms with Crippen LogP contribution >= 0.6 is 21.6 Å². The number of hydrogen-bond acceptors (Lipinski definition) is 4. The van der Waals surface area contributed by atoms with Gasteiger partial charge in [0.25, 0.3) is 0 Å². The lowest BCUT2D eigenvalue weighted by molar-refractivity contribution is -0.127. The second-order valence-electron chi connectivity index (χ2n) is 4.76. The molecule has 0 saturated carbocycles. The minimum atomic E-state index is -0.218. The first-order valence-corrected chi connectivity index (χ1v) is 8.40. The summed E-state index contributed by atoms with van der Waals surface area (Å²) in [4.78, 5) is 12.0. The van der Waals surface area contributed by atoms with Crippen molar-refractivity contribution < 1.29 is 9.90 Å². The topological polar surface area (TPSA) is 49.3 Å². The summed E-state index contributed by atoms with van der Waals surface area (Å²) in [7, 11) is 3.54. The van der Waals surface area contributed by atoms with Crippen molar-refractivity contribution in [3.63, 3.8) is 0 Å². The van der Waals surface area contributed by atoms with E-state index in [0.29, 0.717) is 6.54 Å². The van der Waals surface area contributed by atoms with Gasteiger partial charge in [0.2, 0.25) is 5.91 Å². The highest BCUT2D eigenvalue weighted by molar-refractivity contribution is 8.77. The van der Waals surface area contributed by atoms with Crippen molar-refractivity contribution >= 4 is 27.5 Å². The third-order valence-corrected chi connectivity index (χ3v) is 5.91. The first-order chi connectivity index (χ1) is 8.60. The number of phenols is 1. The predicted molar refractivity (Wildman–Crippen MR) is 77.8 cm³/mol. The number of rotatable bonds is 4. The molecular formula is C13H17NO2S2. The van der Waals surface area contributed by atoms with E-state index in [0.717, 1.165) is 23.5 Å². The van der Waals surface area contributed by atoms with Gasteiger partial charge in [-0.05, 0) is 31.0 Å². The van der Waals surface area contributed by atoms with Gasteiger partial charge in [-0.25, -0.2) is 0 Å². The number of amides is 1. The maximum absolute atomic E-state index is 12.0. The van der Waals surface area contributed by atoms with E-state index < -0.39 is 0 Å². The maximum atomic E-state index is 12.0.